The topological polar surface area (TPSA) is 49.4 Å². The summed E-state index contributed by atoms with van der Waals surface area (Å²) in [4.78, 5) is 0.141. The monoisotopic (exact) mass is 322 g/mol. The molecule has 1 saturated heterocycles. The molecule has 0 spiro atoms. The van der Waals surface area contributed by atoms with Crippen LogP contribution >= 0.6 is 23.2 Å². The van der Waals surface area contributed by atoms with Gasteiger partial charge in [-0.3, -0.25) is 0 Å². The van der Waals surface area contributed by atoms with E-state index in [2.05, 4.69) is 5.32 Å². The molecule has 1 aromatic carbocycles. The van der Waals surface area contributed by atoms with E-state index in [9.17, 15) is 8.42 Å². The first-order valence-electron chi connectivity index (χ1n) is 5.98. The molecule has 19 heavy (non-hydrogen) atoms. The van der Waals surface area contributed by atoms with Gasteiger partial charge in [0.1, 0.15) is 0 Å². The van der Waals surface area contributed by atoms with Crippen LogP contribution < -0.4 is 5.32 Å². The summed E-state index contributed by atoms with van der Waals surface area (Å²) in [7, 11) is -1.97. The second-order valence-corrected chi connectivity index (χ2v) is 7.49. The Morgan fingerprint density at radius 1 is 1.32 bits per heavy atom. The van der Waals surface area contributed by atoms with E-state index in [1.165, 1.54) is 16.4 Å². The van der Waals surface area contributed by atoms with Crippen molar-refractivity contribution in [2.24, 2.45) is 0 Å². The Morgan fingerprint density at radius 3 is 2.37 bits per heavy atom. The molecule has 1 aliphatic heterocycles. The van der Waals surface area contributed by atoms with Crippen molar-refractivity contribution in [3.05, 3.63) is 27.7 Å². The lowest BCUT2D eigenvalue weighted by Gasteiger charge is -2.23. The fraction of sp³-hybridized carbons (Fsp3) is 0.500. The van der Waals surface area contributed by atoms with E-state index in [0.29, 0.717) is 22.2 Å². The standard InChI is InChI=1S/C12H16Cl2N2O2S/c1-8-11(13)5-10(6-12(8)14)19(17,18)16(2)9-3-4-15-7-9/h5-6,9,15H,3-4,7H2,1-2H3. The number of nitrogens with one attached hydrogen (secondary N) is 1. The highest BCUT2D eigenvalue weighted by molar-refractivity contribution is 7.89. The van der Waals surface area contributed by atoms with Crippen LogP contribution in [-0.4, -0.2) is 38.9 Å². The number of hydrogen-bond donors (Lipinski definition) is 1. The lowest BCUT2D eigenvalue weighted by Crippen LogP contribution is -2.38. The van der Waals surface area contributed by atoms with Crippen molar-refractivity contribution in [2.75, 3.05) is 20.1 Å². The SMILES string of the molecule is Cc1c(Cl)cc(S(=O)(=O)N(C)C2CCNC2)cc1Cl. The molecule has 0 aromatic heterocycles. The predicted octanol–water partition coefficient (Wildman–Crippen LogP) is 2.28. The summed E-state index contributed by atoms with van der Waals surface area (Å²) < 4.78 is 26.4. The van der Waals surface area contributed by atoms with E-state index >= 15 is 0 Å². The molecule has 1 N–H and O–H groups in total. The normalized spacial score (nSPS) is 20.2. The lowest BCUT2D eigenvalue weighted by molar-refractivity contribution is 0.388. The number of likely N-dealkylation sites (N-methyl/N-ethyl adjacent to an activating group) is 1. The molecule has 1 aromatic rings. The van der Waals surface area contributed by atoms with Crippen molar-refractivity contribution in [3.8, 4) is 0 Å². The molecule has 106 valence electrons. The van der Waals surface area contributed by atoms with E-state index in [1.807, 2.05) is 0 Å². The van der Waals surface area contributed by atoms with Crippen LogP contribution in [0, 0.1) is 6.92 Å². The van der Waals surface area contributed by atoms with Crippen molar-refractivity contribution >= 4 is 33.2 Å². The minimum Gasteiger partial charge on any atom is -0.315 e. The molecule has 7 heteroatoms. The summed E-state index contributed by atoms with van der Waals surface area (Å²) in [6.07, 6.45) is 0.809. The molecule has 0 saturated carbocycles. The van der Waals surface area contributed by atoms with Crippen LogP contribution in [-0.2, 0) is 10.0 Å². The van der Waals surface area contributed by atoms with Crippen molar-refractivity contribution in [3.63, 3.8) is 0 Å². The fourth-order valence-electron chi connectivity index (χ4n) is 2.08. The highest BCUT2D eigenvalue weighted by atomic mass is 35.5. The molecule has 1 heterocycles. The van der Waals surface area contributed by atoms with Crippen LogP contribution in [0.15, 0.2) is 17.0 Å². The Morgan fingerprint density at radius 2 is 1.89 bits per heavy atom. The van der Waals surface area contributed by atoms with Crippen molar-refractivity contribution in [1.29, 1.82) is 0 Å². The molecule has 1 aliphatic rings. The number of sulfonamides is 1. The Bertz CT molecular complexity index is 560. The van der Waals surface area contributed by atoms with Crippen molar-refractivity contribution in [1.82, 2.24) is 9.62 Å². The maximum Gasteiger partial charge on any atom is 0.243 e. The smallest absolute Gasteiger partial charge is 0.243 e. The summed E-state index contributed by atoms with van der Waals surface area (Å²) in [5.41, 5.74) is 0.687. The van der Waals surface area contributed by atoms with Gasteiger partial charge in [-0.1, -0.05) is 23.2 Å². The maximum atomic E-state index is 12.5. The Hall–Kier alpha value is -0.330. The molecular weight excluding hydrogens is 307 g/mol. The van der Waals surface area contributed by atoms with Crippen LogP contribution in [0.4, 0.5) is 0 Å². The number of hydrogen-bond acceptors (Lipinski definition) is 3. The number of rotatable bonds is 3. The van der Waals surface area contributed by atoms with Crippen molar-refractivity contribution < 1.29 is 8.42 Å². The summed E-state index contributed by atoms with van der Waals surface area (Å²) >= 11 is 12.0. The van der Waals surface area contributed by atoms with Crippen molar-refractivity contribution in [2.45, 2.75) is 24.3 Å². The highest BCUT2D eigenvalue weighted by Crippen LogP contribution is 2.29. The Kier molecular flexibility index (Phi) is 4.42. The minimum absolute atomic E-state index is 0.0242. The average Bonchev–Trinajstić information content (AvgIpc) is 2.87. The van der Waals surface area contributed by atoms with Crippen LogP contribution in [0.1, 0.15) is 12.0 Å². The first kappa shape index (κ1) is 15.1. The van der Waals surface area contributed by atoms with E-state index in [4.69, 9.17) is 23.2 Å². The number of halogens is 2. The quantitative estimate of drug-likeness (QED) is 0.928. The minimum atomic E-state index is -3.56. The third kappa shape index (κ3) is 2.90. The van der Waals surface area contributed by atoms with Gasteiger partial charge in [0.25, 0.3) is 0 Å². The van der Waals surface area contributed by atoms with Gasteiger partial charge in [-0.25, -0.2) is 8.42 Å². The summed E-state index contributed by atoms with van der Waals surface area (Å²) in [5.74, 6) is 0. The molecule has 1 unspecified atom stereocenters. The zero-order valence-corrected chi connectivity index (χ0v) is 13.1. The first-order valence-corrected chi connectivity index (χ1v) is 8.18. The van der Waals surface area contributed by atoms with E-state index in [-0.39, 0.29) is 10.9 Å². The van der Waals surface area contributed by atoms with E-state index < -0.39 is 10.0 Å². The number of nitrogens with zero attached hydrogens (tertiary/aromatic N) is 1. The second-order valence-electron chi connectivity index (χ2n) is 4.68. The number of benzene rings is 1. The molecule has 0 aliphatic carbocycles. The van der Waals surface area contributed by atoms with Gasteiger partial charge >= 0.3 is 0 Å². The molecular formula is C12H16Cl2N2O2S. The van der Waals surface area contributed by atoms with Crippen LogP contribution in [0.2, 0.25) is 10.0 Å². The molecule has 0 bridgehead atoms. The van der Waals surface area contributed by atoms with E-state index in [0.717, 1.165) is 13.0 Å². The Labute approximate surface area is 123 Å². The van der Waals surface area contributed by atoms with Crippen LogP contribution in [0.3, 0.4) is 0 Å². The average molecular weight is 323 g/mol. The molecule has 4 nitrogen and oxygen atoms in total. The molecule has 1 atom stereocenters. The van der Waals surface area contributed by atoms with Gasteiger partial charge in [0.05, 0.1) is 4.90 Å². The van der Waals surface area contributed by atoms with Gasteiger partial charge in [0.2, 0.25) is 10.0 Å². The van der Waals surface area contributed by atoms with Gasteiger partial charge in [0, 0.05) is 29.7 Å². The van der Waals surface area contributed by atoms with Gasteiger partial charge < -0.3 is 5.32 Å². The Balaban J connectivity index is 2.39. The fourth-order valence-corrected chi connectivity index (χ4v) is 4.14. The van der Waals surface area contributed by atoms with Crippen LogP contribution in [0.5, 0.6) is 0 Å². The zero-order valence-electron chi connectivity index (χ0n) is 10.8. The van der Waals surface area contributed by atoms with Gasteiger partial charge in [-0.15, -0.1) is 0 Å². The molecule has 0 amide bonds. The molecule has 2 rings (SSSR count). The summed E-state index contributed by atoms with van der Waals surface area (Å²) in [6, 6.07) is 2.89. The highest BCUT2D eigenvalue weighted by Gasteiger charge is 2.30. The third-order valence-electron chi connectivity index (χ3n) is 3.48. The molecule has 0 radical (unpaired) electrons. The largest absolute Gasteiger partial charge is 0.315 e. The third-order valence-corrected chi connectivity index (χ3v) is 6.15. The van der Waals surface area contributed by atoms with Gasteiger partial charge in [0.15, 0.2) is 0 Å². The lowest BCUT2D eigenvalue weighted by atomic mass is 10.2. The molecule has 1 fully saturated rings. The van der Waals surface area contributed by atoms with Crippen LogP contribution in [0.25, 0.3) is 0 Å². The second kappa shape index (κ2) is 5.58. The first-order chi connectivity index (χ1) is 8.84. The van der Waals surface area contributed by atoms with E-state index in [1.54, 1.807) is 14.0 Å². The maximum absolute atomic E-state index is 12.5. The zero-order chi connectivity index (χ0) is 14.2. The van der Waals surface area contributed by atoms with Gasteiger partial charge in [-0.2, -0.15) is 4.31 Å². The van der Waals surface area contributed by atoms with Gasteiger partial charge in [-0.05, 0) is 37.6 Å². The summed E-state index contributed by atoms with van der Waals surface area (Å²) in [6.45, 7) is 3.26. The summed E-state index contributed by atoms with van der Waals surface area (Å²) in [5, 5.41) is 3.88. The predicted molar refractivity (Wildman–Crippen MR) is 77.4 cm³/mol.